The van der Waals surface area contributed by atoms with Crippen LogP contribution in [0.5, 0.6) is 0 Å². The molecule has 0 spiro atoms. The summed E-state index contributed by atoms with van der Waals surface area (Å²) in [6.07, 6.45) is 41.5. The number of hydrogen-bond donors (Lipinski definition) is 2. The van der Waals surface area contributed by atoms with Gasteiger partial charge in [-0.3, -0.25) is 0 Å². The van der Waals surface area contributed by atoms with E-state index in [1.165, 1.54) is 134 Å². The Morgan fingerprint density at radius 3 is 2.41 bits per heavy atom. The summed E-state index contributed by atoms with van der Waals surface area (Å²) < 4.78 is 0. The van der Waals surface area contributed by atoms with Crippen LogP contribution in [0.2, 0.25) is 0 Å². The molecule has 226 valence electrons. The van der Waals surface area contributed by atoms with Crippen LogP contribution < -0.4 is 11.1 Å². The van der Waals surface area contributed by atoms with E-state index in [0.717, 1.165) is 48.1 Å². The lowest BCUT2D eigenvalue weighted by Gasteiger charge is -2.45. The van der Waals surface area contributed by atoms with Crippen molar-refractivity contribution in [3.05, 3.63) is 47.5 Å². The fraction of sp³-hybridized carbons (Fsp3) is 0.789. The number of hydrogen-bond acceptors (Lipinski definition) is 3. The van der Waals surface area contributed by atoms with Crippen molar-refractivity contribution in [3.8, 4) is 0 Å². The smallest absolute Gasteiger partial charge is 0.0474 e. The molecule has 0 radical (unpaired) electrons. The Morgan fingerprint density at radius 1 is 0.854 bits per heavy atom. The van der Waals surface area contributed by atoms with Crippen molar-refractivity contribution in [2.24, 2.45) is 41.2 Å². The molecule has 2 heterocycles. The quantitative estimate of drug-likeness (QED) is 0.231. The average molecular weight is 558 g/mol. The van der Waals surface area contributed by atoms with Crippen LogP contribution in [-0.2, 0) is 0 Å². The third-order valence-corrected chi connectivity index (χ3v) is 13.0. The number of nitrogens with zero attached hydrogens (tertiary/aromatic N) is 1. The summed E-state index contributed by atoms with van der Waals surface area (Å²) >= 11 is 0. The van der Waals surface area contributed by atoms with Gasteiger partial charge in [0.1, 0.15) is 0 Å². The van der Waals surface area contributed by atoms with Gasteiger partial charge in [-0.05, 0) is 99.4 Å². The molecule has 0 amide bonds. The molecule has 7 atom stereocenters. The standard InChI is InChI=1S/C38H59N3/c39-26-30(41-37-22-12-10-20-32(37)33-24-23-28-15-7-9-19-31(28)38(33)41)18-8-11-21-35-34(27-13-3-1-4-14-27)25-36(40-35)29-16-5-2-6-17-29/h10,20,23-24,26-29,31,33-36,38,40H,1-9,11-19,21-22,25,39H2/b30-26+. The van der Waals surface area contributed by atoms with E-state index in [4.69, 9.17) is 5.73 Å². The molecule has 0 aromatic rings. The van der Waals surface area contributed by atoms with Gasteiger partial charge in [0, 0.05) is 41.6 Å². The molecular weight excluding hydrogens is 498 g/mol. The minimum atomic E-state index is 0.575. The summed E-state index contributed by atoms with van der Waals surface area (Å²) in [4.78, 5) is 2.81. The van der Waals surface area contributed by atoms with Crippen LogP contribution in [0.4, 0.5) is 0 Å². The molecule has 7 unspecified atom stereocenters. The van der Waals surface area contributed by atoms with Gasteiger partial charge in [-0.1, -0.05) is 94.9 Å². The van der Waals surface area contributed by atoms with Gasteiger partial charge in [-0.15, -0.1) is 0 Å². The number of nitrogens with two attached hydrogens (primary N) is 1. The van der Waals surface area contributed by atoms with Gasteiger partial charge in [0.2, 0.25) is 0 Å². The molecule has 7 aliphatic rings. The van der Waals surface area contributed by atoms with Crippen molar-refractivity contribution in [1.82, 2.24) is 10.2 Å². The van der Waals surface area contributed by atoms with Crippen LogP contribution in [0.25, 0.3) is 0 Å². The van der Waals surface area contributed by atoms with E-state index in [-0.39, 0.29) is 0 Å². The lowest BCUT2D eigenvalue weighted by Crippen LogP contribution is -2.45. The summed E-state index contributed by atoms with van der Waals surface area (Å²) in [6.45, 7) is 0. The fourth-order valence-electron chi connectivity index (χ4n) is 11.0. The van der Waals surface area contributed by atoms with Gasteiger partial charge in [-0.2, -0.15) is 0 Å². The van der Waals surface area contributed by atoms with Crippen molar-refractivity contribution in [1.29, 1.82) is 0 Å². The van der Waals surface area contributed by atoms with E-state index in [9.17, 15) is 0 Å². The second-order valence-corrected chi connectivity index (χ2v) is 15.2. The van der Waals surface area contributed by atoms with Crippen molar-refractivity contribution in [2.75, 3.05) is 0 Å². The summed E-state index contributed by atoms with van der Waals surface area (Å²) in [6, 6.07) is 2.17. The Kier molecular flexibility index (Phi) is 8.99. The van der Waals surface area contributed by atoms with Crippen LogP contribution in [0.3, 0.4) is 0 Å². The topological polar surface area (TPSA) is 41.3 Å². The summed E-state index contributed by atoms with van der Waals surface area (Å²) in [5.41, 5.74) is 11.2. The second-order valence-electron chi connectivity index (χ2n) is 15.2. The largest absolute Gasteiger partial charge is 0.403 e. The van der Waals surface area contributed by atoms with Crippen LogP contribution >= 0.6 is 0 Å². The normalized spacial score (nSPS) is 38.3. The summed E-state index contributed by atoms with van der Waals surface area (Å²) in [5.74, 6) is 5.03. The molecule has 4 fully saturated rings. The molecule has 3 nitrogen and oxygen atoms in total. The second kappa shape index (κ2) is 13.0. The molecule has 3 heteroatoms. The minimum Gasteiger partial charge on any atom is -0.403 e. The molecule has 0 aromatic carbocycles. The van der Waals surface area contributed by atoms with Gasteiger partial charge in [-0.25, -0.2) is 0 Å². The van der Waals surface area contributed by atoms with E-state index >= 15 is 0 Å². The Morgan fingerprint density at radius 2 is 1.61 bits per heavy atom. The van der Waals surface area contributed by atoms with Gasteiger partial charge >= 0.3 is 0 Å². The lowest BCUT2D eigenvalue weighted by atomic mass is 9.67. The molecule has 41 heavy (non-hydrogen) atoms. The van der Waals surface area contributed by atoms with E-state index < -0.39 is 0 Å². The molecule has 2 aliphatic heterocycles. The first-order valence-corrected chi connectivity index (χ1v) is 18.4. The highest BCUT2D eigenvalue weighted by atomic mass is 15.2. The van der Waals surface area contributed by atoms with Gasteiger partial charge in [0.25, 0.3) is 0 Å². The third kappa shape index (κ3) is 5.75. The number of allylic oxidation sites excluding steroid dienone is 5. The molecule has 5 aliphatic carbocycles. The first kappa shape index (κ1) is 28.3. The summed E-state index contributed by atoms with van der Waals surface area (Å²) in [5, 5.41) is 4.30. The number of fused-ring (bicyclic) bond motifs is 4. The molecule has 0 aromatic heterocycles. The predicted octanol–water partition coefficient (Wildman–Crippen LogP) is 9.13. The van der Waals surface area contributed by atoms with Crippen LogP contribution in [0, 0.1) is 35.5 Å². The Bertz CT molecular complexity index is 1010. The molecule has 3 saturated carbocycles. The van der Waals surface area contributed by atoms with Crippen molar-refractivity contribution in [3.63, 3.8) is 0 Å². The van der Waals surface area contributed by atoms with Crippen LogP contribution in [0.15, 0.2) is 47.5 Å². The predicted molar refractivity (Wildman–Crippen MR) is 172 cm³/mol. The number of nitrogens with one attached hydrogen (secondary N) is 1. The molecule has 0 bridgehead atoms. The van der Waals surface area contributed by atoms with Crippen molar-refractivity contribution in [2.45, 2.75) is 153 Å². The van der Waals surface area contributed by atoms with Crippen LogP contribution in [-0.4, -0.2) is 23.0 Å². The van der Waals surface area contributed by atoms with Gasteiger partial charge < -0.3 is 16.0 Å². The summed E-state index contributed by atoms with van der Waals surface area (Å²) in [7, 11) is 0. The van der Waals surface area contributed by atoms with E-state index in [1.807, 2.05) is 6.20 Å². The number of rotatable bonds is 8. The Balaban J connectivity index is 1.01. The number of unbranched alkanes of at least 4 members (excludes halogenated alkanes) is 1. The van der Waals surface area contributed by atoms with Crippen LogP contribution in [0.1, 0.15) is 135 Å². The van der Waals surface area contributed by atoms with E-state index in [2.05, 4.69) is 34.5 Å². The monoisotopic (exact) mass is 557 g/mol. The van der Waals surface area contributed by atoms with Crippen molar-refractivity contribution >= 4 is 0 Å². The first-order chi connectivity index (χ1) is 20.3. The average Bonchev–Trinajstić information content (AvgIpc) is 3.62. The maximum atomic E-state index is 6.51. The maximum absolute atomic E-state index is 6.51. The third-order valence-electron chi connectivity index (χ3n) is 13.0. The molecular formula is C38H59N3. The zero-order valence-corrected chi connectivity index (χ0v) is 26.0. The fourth-order valence-corrected chi connectivity index (χ4v) is 11.0. The maximum Gasteiger partial charge on any atom is 0.0474 e. The zero-order chi connectivity index (χ0) is 27.6. The van der Waals surface area contributed by atoms with Crippen molar-refractivity contribution < 1.29 is 0 Å². The minimum absolute atomic E-state index is 0.575. The lowest BCUT2D eigenvalue weighted by molar-refractivity contribution is 0.127. The SMILES string of the molecule is N/C=C(\CCCCC1NC(C2CCCCC2)CC1C1CCCCC1)N1C2=C(C=CCC2)C2C=CC3CCCCC3C21. The molecule has 3 N–H and O–H groups in total. The highest BCUT2D eigenvalue weighted by Gasteiger charge is 2.48. The Hall–Kier alpha value is -1.48. The van der Waals surface area contributed by atoms with Gasteiger partial charge in [0.05, 0.1) is 0 Å². The molecule has 7 rings (SSSR count). The highest BCUT2D eigenvalue weighted by molar-refractivity contribution is 5.44. The van der Waals surface area contributed by atoms with Gasteiger partial charge in [0.15, 0.2) is 0 Å². The van der Waals surface area contributed by atoms with E-state index in [0.29, 0.717) is 12.0 Å². The van der Waals surface area contributed by atoms with E-state index in [1.54, 1.807) is 11.3 Å². The molecule has 1 saturated heterocycles. The highest BCUT2D eigenvalue weighted by Crippen LogP contribution is 2.52. The Labute approximate surface area is 251 Å². The first-order valence-electron chi connectivity index (χ1n) is 18.4. The zero-order valence-electron chi connectivity index (χ0n) is 26.0.